The Morgan fingerprint density at radius 2 is 1.88 bits per heavy atom. The number of hydrogen-bond donors (Lipinski definition) is 0. The lowest BCUT2D eigenvalue weighted by atomic mass is 10.1. The van der Waals surface area contributed by atoms with E-state index in [0.29, 0.717) is 18.8 Å². The van der Waals surface area contributed by atoms with Gasteiger partial charge in [-0.1, -0.05) is 17.4 Å². The van der Waals surface area contributed by atoms with Crippen molar-refractivity contribution in [2.45, 2.75) is 13.8 Å². The molecule has 7 heteroatoms. The van der Waals surface area contributed by atoms with Crippen LogP contribution in [-0.2, 0) is 7.05 Å². The van der Waals surface area contributed by atoms with E-state index in [1.54, 1.807) is 35.3 Å². The van der Waals surface area contributed by atoms with Crippen molar-refractivity contribution in [1.29, 1.82) is 0 Å². The van der Waals surface area contributed by atoms with Crippen molar-refractivity contribution in [1.82, 2.24) is 19.7 Å². The number of aryl methyl sites for hydroxylation is 3. The second-order valence-electron chi connectivity index (χ2n) is 6.47. The summed E-state index contributed by atoms with van der Waals surface area (Å²) in [6.45, 7) is 7.28. The summed E-state index contributed by atoms with van der Waals surface area (Å²) >= 11 is 1.73. The van der Waals surface area contributed by atoms with Crippen LogP contribution in [0.25, 0.3) is 10.2 Å². The predicted octanol–water partition coefficient (Wildman–Crippen LogP) is 2.61. The minimum atomic E-state index is 0.0513. The number of amides is 1. The number of thiazole rings is 1. The summed E-state index contributed by atoms with van der Waals surface area (Å²) in [4.78, 5) is 21.6. The topological polar surface area (TPSA) is 54.3 Å². The summed E-state index contributed by atoms with van der Waals surface area (Å²) in [6.07, 6.45) is 1.66. The summed E-state index contributed by atoms with van der Waals surface area (Å²) in [6, 6.07) is 6.08. The van der Waals surface area contributed by atoms with Gasteiger partial charge in [0, 0.05) is 39.4 Å². The van der Waals surface area contributed by atoms with E-state index in [9.17, 15) is 4.79 Å². The number of piperazine rings is 1. The van der Waals surface area contributed by atoms with Crippen LogP contribution >= 0.6 is 11.3 Å². The third kappa shape index (κ3) is 2.78. The van der Waals surface area contributed by atoms with Gasteiger partial charge in [0.2, 0.25) is 0 Å². The first kappa shape index (κ1) is 16.1. The van der Waals surface area contributed by atoms with Gasteiger partial charge in [-0.05, 0) is 37.1 Å². The molecule has 3 heterocycles. The highest BCUT2D eigenvalue weighted by Crippen LogP contribution is 2.32. The van der Waals surface area contributed by atoms with Gasteiger partial charge >= 0.3 is 0 Å². The Morgan fingerprint density at radius 1 is 1.12 bits per heavy atom. The zero-order chi connectivity index (χ0) is 17.6. The van der Waals surface area contributed by atoms with Crippen LogP contribution in [0, 0.1) is 13.8 Å². The van der Waals surface area contributed by atoms with E-state index in [1.807, 2.05) is 4.90 Å². The Morgan fingerprint density at radius 3 is 2.56 bits per heavy atom. The fraction of sp³-hybridized carbons (Fsp3) is 0.389. The number of rotatable bonds is 2. The third-order valence-electron chi connectivity index (χ3n) is 4.95. The number of aromatic nitrogens is 3. The molecule has 1 amide bonds. The Labute approximate surface area is 150 Å². The van der Waals surface area contributed by atoms with Crippen molar-refractivity contribution in [2.24, 2.45) is 7.05 Å². The van der Waals surface area contributed by atoms with E-state index in [2.05, 4.69) is 36.0 Å². The van der Waals surface area contributed by atoms with Crippen LogP contribution in [-0.4, -0.2) is 51.8 Å². The van der Waals surface area contributed by atoms with E-state index >= 15 is 0 Å². The van der Waals surface area contributed by atoms with Crippen LogP contribution in [0.1, 0.15) is 21.6 Å². The summed E-state index contributed by atoms with van der Waals surface area (Å²) in [5.41, 5.74) is 4.27. The van der Waals surface area contributed by atoms with Gasteiger partial charge < -0.3 is 9.80 Å². The standard InChI is InChI=1S/C18H21N5OS/c1-12-4-5-15-16(13(12)2)20-18(25-15)23-10-8-22(9-11-23)17(24)14-6-7-19-21(14)3/h4-7H,8-11H2,1-3H3. The SMILES string of the molecule is Cc1ccc2sc(N3CCN(C(=O)c4ccnn4C)CC3)nc2c1C. The molecule has 1 aliphatic heterocycles. The summed E-state index contributed by atoms with van der Waals surface area (Å²) < 4.78 is 2.86. The van der Waals surface area contributed by atoms with E-state index in [-0.39, 0.29) is 5.91 Å². The minimum absolute atomic E-state index is 0.0513. The van der Waals surface area contributed by atoms with Crippen molar-refractivity contribution in [3.05, 3.63) is 41.2 Å². The summed E-state index contributed by atoms with van der Waals surface area (Å²) in [5.74, 6) is 0.0513. The average molecular weight is 355 g/mol. The zero-order valence-electron chi connectivity index (χ0n) is 14.7. The molecular weight excluding hydrogens is 334 g/mol. The summed E-state index contributed by atoms with van der Waals surface area (Å²) in [7, 11) is 1.80. The number of hydrogen-bond acceptors (Lipinski definition) is 5. The Kier molecular flexibility index (Phi) is 3.95. The molecule has 0 N–H and O–H groups in total. The van der Waals surface area contributed by atoms with Crippen molar-refractivity contribution < 1.29 is 4.79 Å². The normalized spacial score (nSPS) is 15.2. The largest absolute Gasteiger partial charge is 0.345 e. The highest BCUT2D eigenvalue weighted by atomic mass is 32.1. The molecule has 130 valence electrons. The molecule has 0 saturated carbocycles. The highest BCUT2D eigenvalue weighted by Gasteiger charge is 2.25. The molecule has 0 bridgehead atoms. The number of nitrogens with zero attached hydrogens (tertiary/aromatic N) is 5. The zero-order valence-corrected chi connectivity index (χ0v) is 15.5. The third-order valence-corrected chi connectivity index (χ3v) is 6.03. The summed E-state index contributed by atoms with van der Waals surface area (Å²) in [5, 5.41) is 5.14. The lowest BCUT2D eigenvalue weighted by molar-refractivity contribution is 0.0735. The van der Waals surface area contributed by atoms with Gasteiger partial charge in [-0.25, -0.2) is 4.98 Å². The number of carbonyl (C=O) groups excluding carboxylic acids is 1. The van der Waals surface area contributed by atoms with Crippen LogP contribution in [0.2, 0.25) is 0 Å². The van der Waals surface area contributed by atoms with Crippen molar-refractivity contribution >= 4 is 32.6 Å². The molecule has 0 radical (unpaired) electrons. The molecule has 0 atom stereocenters. The second kappa shape index (κ2) is 6.15. The second-order valence-corrected chi connectivity index (χ2v) is 7.48. The van der Waals surface area contributed by atoms with E-state index in [4.69, 9.17) is 4.98 Å². The van der Waals surface area contributed by atoms with Gasteiger partial charge in [-0.3, -0.25) is 9.48 Å². The molecule has 4 rings (SSSR count). The van der Waals surface area contributed by atoms with E-state index < -0.39 is 0 Å². The highest BCUT2D eigenvalue weighted by molar-refractivity contribution is 7.22. The quantitative estimate of drug-likeness (QED) is 0.709. The van der Waals surface area contributed by atoms with Crippen LogP contribution in [0.3, 0.4) is 0 Å². The first-order chi connectivity index (χ1) is 12.0. The van der Waals surface area contributed by atoms with Gasteiger partial charge in [0.25, 0.3) is 5.91 Å². The van der Waals surface area contributed by atoms with Crippen LogP contribution in [0.5, 0.6) is 0 Å². The molecule has 0 unspecified atom stereocenters. The Hall–Kier alpha value is -2.41. The molecule has 1 aromatic carbocycles. The molecule has 25 heavy (non-hydrogen) atoms. The first-order valence-electron chi connectivity index (χ1n) is 8.43. The van der Waals surface area contributed by atoms with Crippen molar-refractivity contribution in [2.75, 3.05) is 31.1 Å². The number of fused-ring (bicyclic) bond motifs is 1. The van der Waals surface area contributed by atoms with Crippen molar-refractivity contribution in [3.63, 3.8) is 0 Å². The monoisotopic (exact) mass is 355 g/mol. The molecule has 0 aliphatic carbocycles. The number of carbonyl (C=O) groups is 1. The molecule has 1 saturated heterocycles. The van der Waals surface area contributed by atoms with Crippen molar-refractivity contribution in [3.8, 4) is 0 Å². The fourth-order valence-corrected chi connectivity index (χ4v) is 4.27. The van der Waals surface area contributed by atoms with Gasteiger partial charge in [0.05, 0.1) is 10.2 Å². The van der Waals surface area contributed by atoms with E-state index in [1.165, 1.54) is 15.8 Å². The molecule has 2 aromatic heterocycles. The molecule has 6 nitrogen and oxygen atoms in total. The maximum Gasteiger partial charge on any atom is 0.272 e. The number of anilines is 1. The van der Waals surface area contributed by atoms with Crippen LogP contribution < -0.4 is 4.90 Å². The van der Waals surface area contributed by atoms with Gasteiger partial charge in [0.1, 0.15) is 5.69 Å². The molecule has 1 aliphatic rings. The molecule has 0 spiro atoms. The molecular formula is C18H21N5OS. The van der Waals surface area contributed by atoms with Gasteiger partial charge in [-0.15, -0.1) is 0 Å². The maximum absolute atomic E-state index is 12.6. The smallest absolute Gasteiger partial charge is 0.272 e. The number of benzene rings is 1. The van der Waals surface area contributed by atoms with E-state index in [0.717, 1.165) is 23.7 Å². The van der Waals surface area contributed by atoms with Gasteiger partial charge in [-0.2, -0.15) is 5.10 Å². The van der Waals surface area contributed by atoms with Crippen LogP contribution in [0.4, 0.5) is 5.13 Å². The molecule has 1 fully saturated rings. The molecule has 3 aromatic rings. The lowest BCUT2D eigenvalue weighted by Crippen LogP contribution is -2.49. The fourth-order valence-electron chi connectivity index (χ4n) is 3.20. The maximum atomic E-state index is 12.6. The van der Waals surface area contributed by atoms with Gasteiger partial charge in [0.15, 0.2) is 5.13 Å². The predicted molar refractivity (Wildman–Crippen MR) is 100 cm³/mol. The lowest BCUT2D eigenvalue weighted by Gasteiger charge is -2.34. The average Bonchev–Trinajstić information content (AvgIpc) is 3.24. The first-order valence-corrected chi connectivity index (χ1v) is 9.25. The Balaban J connectivity index is 1.50. The minimum Gasteiger partial charge on any atom is -0.345 e. The van der Waals surface area contributed by atoms with Crippen LogP contribution in [0.15, 0.2) is 24.4 Å². The Bertz CT molecular complexity index is 936.